The monoisotopic (exact) mass is 234 g/mol. The fourth-order valence-electron chi connectivity index (χ4n) is 1.89. The van der Waals surface area contributed by atoms with Crippen LogP contribution in [0.1, 0.15) is 18.5 Å². The first-order chi connectivity index (χ1) is 7.60. The van der Waals surface area contributed by atoms with Crippen molar-refractivity contribution in [3.05, 3.63) is 28.9 Å². The van der Waals surface area contributed by atoms with Crippen molar-refractivity contribution in [2.24, 2.45) is 5.73 Å². The van der Waals surface area contributed by atoms with Gasteiger partial charge in [-0.25, -0.2) is 9.97 Å². The van der Waals surface area contributed by atoms with Gasteiger partial charge in [-0.2, -0.15) is 0 Å². The van der Waals surface area contributed by atoms with Gasteiger partial charge in [-0.15, -0.1) is 0 Å². The van der Waals surface area contributed by atoms with Gasteiger partial charge in [0.1, 0.15) is 0 Å². The van der Waals surface area contributed by atoms with Crippen LogP contribution in [0, 0.1) is 0 Å². The predicted octanol–water partition coefficient (Wildman–Crippen LogP) is 1.81. The molecule has 0 aliphatic heterocycles. The van der Waals surface area contributed by atoms with E-state index in [1.165, 1.54) is 0 Å². The van der Waals surface area contributed by atoms with Crippen molar-refractivity contribution in [1.29, 1.82) is 0 Å². The summed E-state index contributed by atoms with van der Waals surface area (Å²) in [5.74, 6) is 0.229. The number of halogens is 1. The minimum atomic E-state index is -0.333. The number of nitrogen functional groups attached to an aromatic ring is 1. The lowest BCUT2D eigenvalue weighted by Crippen LogP contribution is -2.21. The van der Waals surface area contributed by atoms with E-state index in [4.69, 9.17) is 23.1 Å². The highest BCUT2D eigenvalue weighted by atomic mass is 35.5. The van der Waals surface area contributed by atoms with Gasteiger partial charge >= 0.3 is 0 Å². The van der Waals surface area contributed by atoms with Crippen LogP contribution in [-0.2, 0) is 5.54 Å². The van der Waals surface area contributed by atoms with Crippen LogP contribution in [-0.4, -0.2) is 9.97 Å². The number of para-hydroxylation sites is 1. The number of hydrogen-bond acceptors (Lipinski definition) is 4. The summed E-state index contributed by atoms with van der Waals surface area (Å²) in [6.07, 6.45) is 1.87. The van der Waals surface area contributed by atoms with E-state index in [2.05, 4.69) is 9.97 Å². The Kier molecular flexibility index (Phi) is 1.87. The normalized spacial score (nSPS) is 17.6. The summed E-state index contributed by atoms with van der Waals surface area (Å²) in [4.78, 5) is 8.42. The van der Waals surface area contributed by atoms with E-state index in [-0.39, 0.29) is 11.5 Å². The van der Waals surface area contributed by atoms with Crippen molar-refractivity contribution in [2.75, 3.05) is 5.73 Å². The van der Waals surface area contributed by atoms with E-state index in [0.717, 1.165) is 23.9 Å². The number of nitrogens with two attached hydrogens (primary N) is 2. The zero-order valence-corrected chi connectivity index (χ0v) is 9.33. The molecule has 1 aromatic carbocycles. The average Bonchev–Trinajstić information content (AvgIpc) is 2.98. The summed E-state index contributed by atoms with van der Waals surface area (Å²) < 4.78 is 0. The summed E-state index contributed by atoms with van der Waals surface area (Å²) in [7, 11) is 0. The Morgan fingerprint density at radius 1 is 1.25 bits per heavy atom. The summed E-state index contributed by atoms with van der Waals surface area (Å²) in [5, 5.41) is 1.49. The lowest BCUT2D eigenvalue weighted by molar-refractivity contribution is 0.716. The predicted molar refractivity (Wildman–Crippen MR) is 64.1 cm³/mol. The van der Waals surface area contributed by atoms with Crippen LogP contribution in [0.4, 0.5) is 5.95 Å². The second-order valence-corrected chi connectivity index (χ2v) is 4.63. The SMILES string of the molecule is Nc1nc(C2(N)CC2)c2cccc(Cl)c2n1. The molecule has 1 aliphatic rings. The summed E-state index contributed by atoms with van der Waals surface area (Å²) in [5.41, 5.74) is 13.0. The first-order valence-corrected chi connectivity index (χ1v) is 5.49. The van der Waals surface area contributed by atoms with Gasteiger partial charge in [0.2, 0.25) is 5.95 Å². The number of aromatic nitrogens is 2. The van der Waals surface area contributed by atoms with Gasteiger partial charge in [0.05, 0.1) is 21.8 Å². The van der Waals surface area contributed by atoms with Crippen LogP contribution in [0.25, 0.3) is 10.9 Å². The molecule has 5 heteroatoms. The fraction of sp³-hybridized carbons (Fsp3) is 0.273. The van der Waals surface area contributed by atoms with Gasteiger partial charge in [-0.05, 0) is 18.9 Å². The van der Waals surface area contributed by atoms with E-state index in [1.807, 2.05) is 12.1 Å². The van der Waals surface area contributed by atoms with Crippen molar-refractivity contribution in [2.45, 2.75) is 18.4 Å². The number of nitrogens with zero attached hydrogens (tertiary/aromatic N) is 2. The van der Waals surface area contributed by atoms with Crippen molar-refractivity contribution >= 4 is 28.5 Å². The van der Waals surface area contributed by atoms with Crippen LogP contribution in [0.2, 0.25) is 5.02 Å². The second kappa shape index (κ2) is 3.06. The molecule has 0 unspecified atom stereocenters. The molecule has 2 aromatic rings. The van der Waals surface area contributed by atoms with E-state index < -0.39 is 0 Å². The van der Waals surface area contributed by atoms with Gasteiger partial charge in [0.25, 0.3) is 0 Å². The van der Waals surface area contributed by atoms with Crippen LogP contribution in [0.5, 0.6) is 0 Å². The summed E-state index contributed by atoms with van der Waals surface area (Å²) in [6.45, 7) is 0. The minimum absolute atomic E-state index is 0.229. The molecule has 4 N–H and O–H groups in total. The summed E-state index contributed by atoms with van der Waals surface area (Å²) in [6, 6.07) is 5.60. The highest BCUT2D eigenvalue weighted by molar-refractivity contribution is 6.35. The zero-order chi connectivity index (χ0) is 11.3. The van der Waals surface area contributed by atoms with E-state index >= 15 is 0 Å². The molecule has 16 heavy (non-hydrogen) atoms. The Morgan fingerprint density at radius 3 is 2.69 bits per heavy atom. The lowest BCUT2D eigenvalue weighted by Gasteiger charge is -2.12. The molecule has 0 saturated heterocycles. The van der Waals surface area contributed by atoms with Gasteiger partial charge in [0.15, 0.2) is 0 Å². The molecule has 0 radical (unpaired) electrons. The van der Waals surface area contributed by atoms with Crippen molar-refractivity contribution in [3.8, 4) is 0 Å². The highest BCUT2D eigenvalue weighted by Gasteiger charge is 2.43. The van der Waals surface area contributed by atoms with Gasteiger partial charge in [-0.3, -0.25) is 0 Å². The largest absolute Gasteiger partial charge is 0.368 e. The van der Waals surface area contributed by atoms with Crippen LogP contribution < -0.4 is 11.5 Å². The first kappa shape index (κ1) is 9.81. The fourth-order valence-corrected chi connectivity index (χ4v) is 2.10. The van der Waals surface area contributed by atoms with Crippen molar-refractivity contribution < 1.29 is 0 Å². The molecule has 1 aliphatic carbocycles. The average molecular weight is 235 g/mol. The number of hydrogen-bond donors (Lipinski definition) is 2. The van der Waals surface area contributed by atoms with Crippen LogP contribution in [0.3, 0.4) is 0 Å². The molecule has 1 aromatic heterocycles. The van der Waals surface area contributed by atoms with E-state index in [9.17, 15) is 0 Å². The topological polar surface area (TPSA) is 77.8 Å². The maximum absolute atomic E-state index is 6.16. The minimum Gasteiger partial charge on any atom is -0.368 e. The van der Waals surface area contributed by atoms with Crippen LogP contribution >= 0.6 is 11.6 Å². The molecule has 0 amide bonds. The standard InChI is InChI=1S/C11H11ClN4/c12-7-3-1-2-6-8(7)15-10(13)16-9(6)11(14)4-5-11/h1-3H,4-5,14H2,(H2,13,15,16). The quantitative estimate of drug-likeness (QED) is 0.789. The Labute approximate surface area is 97.6 Å². The Balaban J connectivity index is 2.39. The third-order valence-corrected chi connectivity index (χ3v) is 3.26. The maximum Gasteiger partial charge on any atom is 0.220 e. The number of anilines is 1. The van der Waals surface area contributed by atoms with E-state index in [1.54, 1.807) is 6.07 Å². The Bertz CT molecular complexity index is 577. The summed E-state index contributed by atoms with van der Waals surface area (Å²) >= 11 is 6.08. The molecule has 0 spiro atoms. The number of fused-ring (bicyclic) bond motifs is 1. The molecule has 0 atom stereocenters. The first-order valence-electron chi connectivity index (χ1n) is 5.11. The molecule has 1 heterocycles. The Hall–Kier alpha value is -1.39. The van der Waals surface area contributed by atoms with Gasteiger partial charge < -0.3 is 11.5 Å². The number of rotatable bonds is 1. The molecule has 0 bridgehead atoms. The highest BCUT2D eigenvalue weighted by Crippen LogP contribution is 2.44. The smallest absolute Gasteiger partial charge is 0.220 e. The lowest BCUT2D eigenvalue weighted by atomic mass is 10.1. The molecule has 82 valence electrons. The molecular weight excluding hydrogens is 224 g/mol. The zero-order valence-electron chi connectivity index (χ0n) is 8.57. The van der Waals surface area contributed by atoms with Crippen molar-refractivity contribution in [1.82, 2.24) is 9.97 Å². The maximum atomic E-state index is 6.16. The van der Waals surface area contributed by atoms with Crippen molar-refractivity contribution in [3.63, 3.8) is 0 Å². The molecule has 3 rings (SSSR count). The van der Waals surface area contributed by atoms with Crippen LogP contribution in [0.15, 0.2) is 18.2 Å². The van der Waals surface area contributed by atoms with Gasteiger partial charge in [0, 0.05) is 5.39 Å². The second-order valence-electron chi connectivity index (χ2n) is 4.22. The molecule has 1 fully saturated rings. The third kappa shape index (κ3) is 1.34. The molecular formula is C11H11ClN4. The molecule has 1 saturated carbocycles. The third-order valence-electron chi connectivity index (χ3n) is 2.95. The molecule has 4 nitrogen and oxygen atoms in total. The van der Waals surface area contributed by atoms with Gasteiger partial charge in [-0.1, -0.05) is 23.7 Å². The number of benzene rings is 1. The van der Waals surface area contributed by atoms with E-state index in [0.29, 0.717) is 10.5 Å². The Morgan fingerprint density at radius 2 is 2.00 bits per heavy atom.